The van der Waals surface area contributed by atoms with E-state index in [-0.39, 0.29) is 5.92 Å². The number of aromatic nitrogens is 2. The second kappa shape index (κ2) is 9.02. The number of rotatable bonds is 5. The third kappa shape index (κ3) is 4.27. The van der Waals surface area contributed by atoms with E-state index in [4.69, 9.17) is 4.98 Å². The van der Waals surface area contributed by atoms with Crippen molar-refractivity contribution in [2.24, 2.45) is 5.92 Å². The summed E-state index contributed by atoms with van der Waals surface area (Å²) >= 11 is 0. The maximum atomic E-state index is 13.2. The van der Waals surface area contributed by atoms with Crippen LogP contribution in [0.5, 0.6) is 0 Å². The van der Waals surface area contributed by atoms with Gasteiger partial charge in [0.15, 0.2) is 0 Å². The van der Waals surface area contributed by atoms with Crippen molar-refractivity contribution in [3.63, 3.8) is 0 Å². The molecule has 4 rings (SSSR count). The van der Waals surface area contributed by atoms with Crippen molar-refractivity contribution in [2.75, 3.05) is 49.1 Å². The van der Waals surface area contributed by atoms with Gasteiger partial charge in [0.05, 0.1) is 0 Å². The lowest BCUT2D eigenvalue weighted by Crippen LogP contribution is -2.51. The Morgan fingerprint density at radius 3 is 2.47 bits per heavy atom. The first-order valence-electron chi connectivity index (χ1n) is 11.3. The van der Waals surface area contributed by atoms with E-state index in [0.29, 0.717) is 5.91 Å². The van der Waals surface area contributed by atoms with Crippen molar-refractivity contribution in [2.45, 2.75) is 40.0 Å². The number of hydrogen-bond donors (Lipinski definition) is 0. The summed E-state index contributed by atoms with van der Waals surface area (Å²) in [5.41, 5.74) is 4.80. The summed E-state index contributed by atoms with van der Waals surface area (Å²) in [4.78, 5) is 29.2. The first-order valence-corrected chi connectivity index (χ1v) is 11.3. The van der Waals surface area contributed by atoms with E-state index in [1.807, 2.05) is 6.20 Å². The Morgan fingerprint density at radius 2 is 1.80 bits per heavy atom. The lowest BCUT2D eigenvalue weighted by Gasteiger charge is -2.38. The van der Waals surface area contributed by atoms with Crippen LogP contribution in [-0.4, -0.2) is 60.0 Å². The Bertz CT molecular complexity index is 870. The van der Waals surface area contributed by atoms with Crippen molar-refractivity contribution >= 4 is 17.5 Å². The minimum Gasteiger partial charge on any atom is -0.368 e. The molecule has 1 unspecified atom stereocenters. The van der Waals surface area contributed by atoms with Crippen LogP contribution in [0.3, 0.4) is 0 Å². The highest BCUT2D eigenvalue weighted by atomic mass is 16.2. The predicted molar refractivity (Wildman–Crippen MR) is 121 cm³/mol. The maximum Gasteiger partial charge on any atom is 0.226 e. The molecule has 1 fully saturated rings. The van der Waals surface area contributed by atoms with Crippen LogP contribution >= 0.6 is 0 Å². The topological polar surface area (TPSA) is 52.6 Å². The Labute approximate surface area is 179 Å². The van der Waals surface area contributed by atoms with Gasteiger partial charge >= 0.3 is 0 Å². The van der Waals surface area contributed by atoms with Crippen LogP contribution in [0.4, 0.5) is 11.6 Å². The molecule has 0 N–H and O–H groups in total. The van der Waals surface area contributed by atoms with E-state index in [1.165, 1.54) is 11.3 Å². The molecule has 1 amide bonds. The second-order valence-electron chi connectivity index (χ2n) is 8.40. The molecule has 2 aromatic rings. The first kappa shape index (κ1) is 20.6. The van der Waals surface area contributed by atoms with Gasteiger partial charge in [-0.25, -0.2) is 9.97 Å². The molecule has 0 bridgehead atoms. The average Bonchev–Trinajstić information content (AvgIpc) is 2.79. The molecule has 160 valence electrons. The Hall–Kier alpha value is -2.63. The van der Waals surface area contributed by atoms with Crippen LogP contribution in [0.15, 0.2) is 30.5 Å². The molecule has 0 radical (unpaired) electrons. The molecule has 30 heavy (non-hydrogen) atoms. The third-order valence-electron chi connectivity index (χ3n) is 6.52. The number of fused-ring (bicyclic) bond motifs is 1. The van der Waals surface area contributed by atoms with E-state index in [2.05, 4.69) is 64.7 Å². The summed E-state index contributed by atoms with van der Waals surface area (Å²) in [6.45, 7) is 11.6. The highest BCUT2D eigenvalue weighted by Gasteiger charge is 2.31. The molecule has 0 spiro atoms. The molecule has 1 saturated heterocycles. The quantitative estimate of drug-likeness (QED) is 0.762. The summed E-state index contributed by atoms with van der Waals surface area (Å²) in [5, 5.41) is 0. The molecular weight excluding hydrogens is 374 g/mol. The van der Waals surface area contributed by atoms with Gasteiger partial charge in [0.1, 0.15) is 0 Å². The zero-order chi connectivity index (χ0) is 21.1. The summed E-state index contributed by atoms with van der Waals surface area (Å²) < 4.78 is 0. The number of nitrogens with zero attached hydrogens (tertiary/aromatic N) is 5. The lowest BCUT2D eigenvalue weighted by molar-refractivity contribution is -0.136. The van der Waals surface area contributed by atoms with Crippen molar-refractivity contribution in [1.29, 1.82) is 0 Å². The summed E-state index contributed by atoms with van der Waals surface area (Å²) in [5.74, 6) is 1.18. The van der Waals surface area contributed by atoms with Crippen molar-refractivity contribution in [3.05, 3.63) is 47.3 Å². The number of hydrogen-bond acceptors (Lipinski definition) is 5. The summed E-state index contributed by atoms with van der Waals surface area (Å²) in [6.07, 6.45) is 4.47. The zero-order valence-corrected chi connectivity index (χ0v) is 18.5. The fourth-order valence-electron chi connectivity index (χ4n) is 4.57. The minimum absolute atomic E-state index is 0.0614. The average molecular weight is 408 g/mol. The van der Waals surface area contributed by atoms with Gasteiger partial charge in [-0.1, -0.05) is 17.7 Å². The zero-order valence-electron chi connectivity index (χ0n) is 18.5. The fraction of sp³-hybridized carbons (Fsp3) is 0.542. The Balaban J connectivity index is 1.36. The van der Waals surface area contributed by atoms with E-state index in [1.54, 1.807) is 0 Å². The smallest absolute Gasteiger partial charge is 0.226 e. The fourth-order valence-corrected chi connectivity index (χ4v) is 4.57. The summed E-state index contributed by atoms with van der Waals surface area (Å²) in [7, 11) is 0. The Morgan fingerprint density at radius 1 is 1.10 bits per heavy atom. The molecule has 2 heterocycles. The third-order valence-corrected chi connectivity index (χ3v) is 6.52. The van der Waals surface area contributed by atoms with E-state index < -0.39 is 0 Å². The standard InChI is InChI=1S/C24H33N5O/c1-4-27(5-2)24-25-17-20-16-19(8-11-22(20)26-24)23(30)29-14-12-28(13-15-29)21-9-6-18(3)7-10-21/h6-7,9-10,17,19H,4-5,8,11-16H2,1-3H3. The van der Waals surface area contributed by atoms with E-state index in [9.17, 15) is 4.79 Å². The maximum absolute atomic E-state index is 13.2. The normalized spacial score (nSPS) is 18.8. The summed E-state index contributed by atoms with van der Waals surface area (Å²) in [6, 6.07) is 8.66. The van der Waals surface area contributed by atoms with Crippen LogP contribution in [0, 0.1) is 12.8 Å². The molecule has 1 aliphatic carbocycles. The van der Waals surface area contributed by atoms with Gasteiger partial charge in [0.2, 0.25) is 11.9 Å². The van der Waals surface area contributed by atoms with Gasteiger partial charge < -0.3 is 14.7 Å². The number of anilines is 2. The molecule has 1 atom stereocenters. The number of carbonyl (C=O) groups excluding carboxylic acids is 1. The number of carbonyl (C=O) groups is 1. The highest BCUT2D eigenvalue weighted by molar-refractivity contribution is 5.80. The predicted octanol–water partition coefficient (Wildman–Crippen LogP) is 3.08. The number of benzene rings is 1. The van der Waals surface area contributed by atoms with Crippen molar-refractivity contribution in [1.82, 2.24) is 14.9 Å². The van der Waals surface area contributed by atoms with Crippen LogP contribution < -0.4 is 9.80 Å². The van der Waals surface area contributed by atoms with Gasteiger partial charge in [-0.2, -0.15) is 0 Å². The molecule has 2 aliphatic rings. The highest BCUT2D eigenvalue weighted by Crippen LogP contribution is 2.27. The van der Waals surface area contributed by atoms with Crippen molar-refractivity contribution < 1.29 is 4.79 Å². The lowest BCUT2D eigenvalue weighted by atomic mass is 9.86. The van der Waals surface area contributed by atoms with Gasteiger partial charge in [0.25, 0.3) is 0 Å². The molecule has 1 aromatic heterocycles. The van der Waals surface area contributed by atoms with Crippen LogP contribution in [0.2, 0.25) is 0 Å². The van der Waals surface area contributed by atoms with Gasteiger partial charge in [-0.05, 0) is 57.7 Å². The first-order chi connectivity index (χ1) is 14.6. The van der Waals surface area contributed by atoms with E-state index >= 15 is 0 Å². The van der Waals surface area contributed by atoms with Crippen molar-refractivity contribution in [3.8, 4) is 0 Å². The number of aryl methyl sites for hydroxylation is 2. The molecule has 6 nitrogen and oxygen atoms in total. The monoisotopic (exact) mass is 407 g/mol. The molecule has 6 heteroatoms. The van der Waals surface area contributed by atoms with Gasteiger partial charge in [-0.15, -0.1) is 0 Å². The van der Waals surface area contributed by atoms with E-state index in [0.717, 1.165) is 75.7 Å². The van der Waals surface area contributed by atoms with Gasteiger partial charge in [0, 0.05) is 62.8 Å². The Kier molecular flexibility index (Phi) is 6.21. The van der Waals surface area contributed by atoms with Crippen LogP contribution in [-0.2, 0) is 17.6 Å². The SMILES string of the molecule is CCN(CC)c1ncc2c(n1)CCC(C(=O)N1CCN(c3ccc(C)cc3)CC1)C2. The number of piperazine rings is 1. The largest absolute Gasteiger partial charge is 0.368 e. The molecule has 1 aromatic carbocycles. The molecule has 0 saturated carbocycles. The van der Waals surface area contributed by atoms with Crippen LogP contribution in [0.1, 0.15) is 37.1 Å². The number of amides is 1. The molecular formula is C24H33N5O. The second-order valence-corrected chi connectivity index (χ2v) is 8.40. The van der Waals surface area contributed by atoms with Crippen LogP contribution in [0.25, 0.3) is 0 Å². The van der Waals surface area contributed by atoms with Gasteiger partial charge in [-0.3, -0.25) is 4.79 Å². The molecule has 1 aliphatic heterocycles. The minimum atomic E-state index is 0.0614.